The summed E-state index contributed by atoms with van der Waals surface area (Å²) in [4.78, 5) is 11.2. The van der Waals surface area contributed by atoms with E-state index in [9.17, 15) is 4.79 Å². The van der Waals surface area contributed by atoms with Crippen molar-refractivity contribution in [2.24, 2.45) is 0 Å². The lowest BCUT2D eigenvalue weighted by atomic mass is 9.95. The fourth-order valence-corrected chi connectivity index (χ4v) is 3.03. The first-order chi connectivity index (χ1) is 8.40. The van der Waals surface area contributed by atoms with Gasteiger partial charge in [0.1, 0.15) is 0 Å². The average Bonchev–Trinajstić information content (AvgIpc) is 2.78. The van der Waals surface area contributed by atoms with Gasteiger partial charge in [0.2, 0.25) is 0 Å². The van der Waals surface area contributed by atoms with E-state index >= 15 is 0 Å². The maximum atomic E-state index is 11.2. The highest BCUT2D eigenvalue weighted by Gasteiger charge is 2.19. The van der Waals surface area contributed by atoms with Crippen molar-refractivity contribution >= 4 is 17.2 Å². The van der Waals surface area contributed by atoms with Crippen LogP contribution < -0.4 is 0 Å². The van der Waals surface area contributed by atoms with Crippen LogP contribution in [0.1, 0.15) is 48.6 Å². The smallest absolute Gasteiger partial charge is 0.166 e. The number of fused-ring (bicyclic) bond motifs is 1. The summed E-state index contributed by atoms with van der Waals surface area (Å²) in [6.07, 6.45) is 7.32. The van der Waals surface area contributed by atoms with Gasteiger partial charge in [0.25, 0.3) is 0 Å². The summed E-state index contributed by atoms with van der Waals surface area (Å²) in [5.74, 6) is 0. The maximum absolute atomic E-state index is 11.2. The summed E-state index contributed by atoms with van der Waals surface area (Å²) in [7, 11) is 0. The van der Waals surface area contributed by atoms with Gasteiger partial charge in [-0.25, -0.2) is 0 Å². The second-order valence-corrected chi connectivity index (χ2v) is 4.91. The topological polar surface area (TPSA) is 22.0 Å². The van der Waals surface area contributed by atoms with Crippen LogP contribution in [0.3, 0.4) is 0 Å². The van der Waals surface area contributed by atoms with E-state index in [1.165, 1.54) is 43.0 Å². The zero-order chi connectivity index (χ0) is 11.7. The Morgan fingerprint density at radius 3 is 2.65 bits per heavy atom. The molecule has 0 unspecified atom stereocenters. The molecule has 1 aromatic heterocycles. The van der Waals surface area contributed by atoms with Crippen LogP contribution in [0.25, 0.3) is 10.9 Å². The summed E-state index contributed by atoms with van der Waals surface area (Å²) < 4.78 is 2.25. The Bertz CT molecular complexity index is 535. The summed E-state index contributed by atoms with van der Waals surface area (Å²) in [6.45, 7) is 0. The van der Waals surface area contributed by atoms with E-state index in [0.717, 1.165) is 12.0 Å². The number of hydrogen-bond donors (Lipinski definition) is 0. The van der Waals surface area contributed by atoms with Gasteiger partial charge in [-0.2, -0.15) is 0 Å². The molecule has 2 aromatic rings. The van der Waals surface area contributed by atoms with Gasteiger partial charge >= 0.3 is 0 Å². The number of nitrogens with zero attached hydrogens (tertiary/aromatic N) is 1. The van der Waals surface area contributed by atoms with Crippen molar-refractivity contribution in [3.63, 3.8) is 0 Å². The highest BCUT2D eigenvalue weighted by atomic mass is 16.1. The van der Waals surface area contributed by atoms with E-state index in [4.69, 9.17) is 0 Å². The minimum atomic E-state index is 0.517. The molecule has 88 valence electrons. The van der Waals surface area contributed by atoms with Crippen LogP contribution in [0.2, 0.25) is 0 Å². The zero-order valence-electron chi connectivity index (χ0n) is 9.93. The first-order valence-corrected chi connectivity index (χ1v) is 6.45. The Balaban J connectivity index is 2.14. The van der Waals surface area contributed by atoms with E-state index in [2.05, 4.69) is 22.8 Å². The number of aromatic nitrogens is 1. The summed E-state index contributed by atoms with van der Waals surface area (Å²) in [5, 5.41) is 1.18. The van der Waals surface area contributed by atoms with Crippen molar-refractivity contribution in [2.75, 3.05) is 0 Å². The van der Waals surface area contributed by atoms with Gasteiger partial charge in [0.05, 0.1) is 5.69 Å². The minimum Gasteiger partial charge on any atom is -0.335 e. The molecule has 0 atom stereocenters. The second kappa shape index (κ2) is 4.36. The van der Waals surface area contributed by atoms with E-state index < -0.39 is 0 Å². The van der Waals surface area contributed by atoms with Crippen LogP contribution >= 0.6 is 0 Å². The largest absolute Gasteiger partial charge is 0.335 e. The van der Waals surface area contributed by atoms with E-state index in [1.54, 1.807) is 0 Å². The maximum Gasteiger partial charge on any atom is 0.166 e. The lowest BCUT2D eigenvalue weighted by Gasteiger charge is -2.25. The Hall–Kier alpha value is -1.57. The molecular weight excluding hydrogens is 210 g/mol. The molecule has 1 aliphatic rings. The van der Waals surface area contributed by atoms with Gasteiger partial charge in [-0.1, -0.05) is 37.5 Å². The molecule has 1 heterocycles. The van der Waals surface area contributed by atoms with Crippen molar-refractivity contribution in [1.29, 1.82) is 0 Å². The monoisotopic (exact) mass is 227 g/mol. The predicted octanol–water partition coefficient (Wildman–Crippen LogP) is 3.96. The molecule has 0 amide bonds. The molecule has 0 spiro atoms. The molecule has 17 heavy (non-hydrogen) atoms. The van der Waals surface area contributed by atoms with Gasteiger partial charge < -0.3 is 4.57 Å². The Morgan fingerprint density at radius 1 is 1.12 bits per heavy atom. The van der Waals surface area contributed by atoms with Crippen molar-refractivity contribution in [3.8, 4) is 0 Å². The summed E-state index contributed by atoms with van der Waals surface area (Å²) in [5.41, 5.74) is 2.04. The standard InChI is InChI=1S/C15H17NO/c17-11-14-10-12-6-4-5-9-15(12)16(14)13-7-2-1-3-8-13/h4-6,9-11,13H,1-3,7-8H2. The van der Waals surface area contributed by atoms with Gasteiger partial charge in [0.15, 0.2) is 6.29 Å². The van der Waals surface area contributed by atoms with E-state index in [-0.39, 0.29) is 0 Å². The SMILES string of the molecule is O=Cc1cc2ccccc2n1C1CCCCC1. The molecule has 1 fully saturated rings. The van der Waals surface area contributed by atoms with Crippen LogP contribution in [-0.4, -0.2) is 10.9 Å². The number of para-hydroxylation sites is 1. The fraction of sp³-hybridized carbons (Fsp3) is 0.400. The normalized spacial score (nSPS) is 17.4. The lowest BCUT2D eigenvalue weighted by molar-refractivity contribution is 0.111. The van der Waals surface area contributed by atoms with Crippen LogP contribution in [0.5, 0.6) is 0 Å². The molecule has 1 saturated carbocycles. The van der Waals surface area contributed by atoms with Gasteiger partial charge in [-0.15, -0.1) is 0 Å². The van der Waals surface area contributed by atoms with Crippen molar-refractivity contribution in [2.45, 2.75) is 38.1 Å². The van der Waals surface area contributed by atoms with Crippen LogP contribution in [0.15, 0.2) is 30.3 Å². The Labute approximate surface area is 101 Å². The number of hydrogen-bond acceptors (Lipinski definition) is 1. The third kappa shape index (κ3) is 1.78. The quantitative estimate of drug-likeness (QED) is 0.712. The molecule has 3 rings (SSSR count). The number of benzene rings is 1. The highest BCUT2D eigenvalue weighted by Crippen LogP contribution is 2.33. The van der Waals surface area contributed by atoms with E-state index in [0.29, 0.717) is 6.04 Å². The Morgan fingerprint density at radius 2 is 1.88 bits per heavy atom. The first-order valence-electron chi connectivity index (χ1n) is 6.45. The molecule has 0 N–H and O–H groups in total. The Kier molecular flexibility index (Phi) is 2.71. The van der Waals surface area contributed by atoms with E-state index in [1.807, 2.05) is 12.1 Å². The predicted molar refractivity (Wildman–Crippen MR) is 69.4 cm³/mol. The van der Waals surface area contributed by atoms with Crippen LogP contribution in [-0.2, 0) is 0 Å². The molecule has 0 saturated heterocycles. The highest BCUT2D eigenvalue weighted by molar-refractivity contribution is 5.89. The third-order valence-corrected chi connectivity index (χ3v) is 3.84. The number of rotatable bonds is 2. The molecule has 2 nitrogen and oxygen atoms in total. The molecule has 0 bridgehead atoms. The number of aldehydes is 1. The zero-order valence-corrected chi connectivity index (χ0v) is 9.93. The van der Waals surface area contributed by atoms with Crippen molar-refractivity contribution in [1.82, 2.24) is 4.57 Å². The molecular formula is C15H17NO. The first kappa shape index (κ1) is 10.6. The van der Waals surface area contributed by atoms with Crippen LogP contribution in [0.4, 0.5) is 0 Å². The average molecular weight is 227 g/mol. The summed E-state index contributed by atoms with van der Waals surface area (Å²) >= 11 is 0. The van der Waals surface area contributed by atoms with Gasteiger partial charge in [-0.05, 0) is 25.0 Å². The molecule has 1 aliphatic carbocycles. The number of carbonyl (C=O) groups excluding carboxylic acids is 1. The molecule has 0 radical (unpaired) electrons. The fourth-order valence-electron chi connectivity index (χ4n) is 3.03. The molecule has 2 heteroatoms. The molecule has 1 aromatic carbocycles. The summed E-state index contributed by atoms with van der Waals surface area (Å²) in [6, 6.07) is 10.8. The van der Waals surface area contributed by atoms with Gasteiger partial charge in [-0.3, -0.25) is 4.79 Å². The molecule has 0 aliphatic heterocycles. The van der Waals surface area contributed by atoms with Gasteiger partial charge in [0, 0.05) is 16.9 Å². The third-order valence-electron chi connectivity index (χ3n) is 3.84. The van der Waals surface area contributed by atoms with Crippen molar-refractivity contribution < 1.29 is 4.79 Å². The second-order valence-electron chi connectivity index (χ2n) is 4.91. The number of carbonyl (C=O) groups is 1. The van der Waals surface area contributed by atoms with Crippen molar-refractivity contribution in [3.05, 3.63) is 36.0 Å². The minimum absolute atomic E-state index is 0.517. The van der Waals surface area contributed by atoms with Crippen LogP contribution in [0, 0.1) is 0 Å². The lowest BCUT2D eigenvalue weighted by Crippen LogP contribution is -2.14.